The second-order valence-corrected chi connectivity index (χ2v) is 10.5. The molecular weight excluding hydrogens is 562 g/mol. The Bertz CT molecular complexity index is 1620. The third kappa shape index (κ3) is 6.11. The maximum absolute atomic E-state index is 12.5. The number of aliphatic hydroxyl groups is 2. The second-order valence-electron chi connectivity index (χ2n) is 10.5. The summed E-state index contributed by atoms with van der Waals surface area (Å²) in [5.74, 6) is 0.350. The summed E-state index contributed by atoms with van der Waals surface area (Å²) in [5.41, 5.74) is 3.12. The van der Waals surface area contributed by atoms with E-state index in [9.17, 15) is 15.0 Å². The Morgan fingerprint density at radius 2 is 1.70 bits per heavy atom. The van der Waals surface area contributed by atoms with Crippen LogP contribution in [0.5, 0.6) is 0 Å². The van der Waals surface area contributed by atoms with Gasteiger partial charge >= 0.3 is 0 Å². The van der Waals surface area contributed by atoms with Gasteiger partial charge in [0.1, 0.15) is 12.2 Å². The SMILES string of the molecule is CCNC(=O)[C@H]1O[C@@H](n2cnc3c(NCC(c4ccccc4)c4ccccc4)nc(NCCn4ccnc4)nc32)[C@H](O)[C@@H]1O. The van der Waals surface area contributed by atoms with Gasteiger partial charge in [-0.15, -0.1) is 0 Å². The largest absolute Gasteiger partial charge is 0.387 e. The molecule has 228 valence electrons. The van der Waals surface area contributed by atoms with Crippen molar-refractivity contribution in [2.75, 3.05) is 30.3 Å². The summed E-state index contributed by atoms with van der Waals surface area (Å²) in [4.78, 5) is 30.6. The molecule has 3 aromatic heterocycles. The first-order valence-corrected chi connectivity index (χ1v) is 14.6. The van der Waals surface area contributed by atoms with Crippen molar-refractivity contribution >= 4 is 28.8 Å². The lowest BCUT2D eigenvalue weighted by atomic mass is 9.91. The molecule has 6 rings (SSSR count). The summed E-state index contributed by atoms with van der Waals surface area (Å²) in [6.07, 6.45) is 1.66. The van der Waals surface area contributed by atoms with E-state index in [4.69, 9.17) is 14.7 Å². The number of nitrogens with zero attached hydrogens (tertiary/aromatic N) is 6. The van der Waals surface area contributed by atoms with Crippen LogP contribution in [0, 0.1) is 0 Å². The van der Waals surface area contributed by atoms with Crippen molar-refractivity contribution in [1.82, 2.24) is 34.4 Å². The molecule has 1 saturated heterocycles. The minimum absolute atomic E-state index is 0.0233. The van der Waals surface area contributed by atoms with Crippen molar-refractivity contribution < 1.29 is 19.7 Å². The van der Waals surface area contributed by atoms with Crippen molar-refractivity contribution in [1.29, 1.82) is 0 Å². The van der Waals surface area contributed by atoms with Crippen LogP contribution in [-0.2, 0) is 16.1 Å². The van der Waals surface area contributed by atoms with Gasteiger partial charge in [0.25, 0.3) is 5.91 Å². The summed E-state index contributed by atoms with van der Waals surface area (Å²) in [7, 11) is 0. The fraction of sp³-hybridized carbons (Fsp3) is 0.323. The van der Waals surface area contributed by atoms with Crippen molar-refractivity contribution in [3.8, 4) is 0 Å². The average molecular weight is 598 g/mol. The third-order valence-electron chi connectivity index (χ3n) is 7.63. The van der Waals surface area contributed by atoms with Gasteiger partial charge in [-0.05, 0) is 18.1 Å². The number of rotatable bonds is 12. The molecule has 0 aliphatic carbocycles. The van der Waals surface area contributed by atoms with Gasteiger partial charge in [0, 0.05) is 44.5 Å². The van der Waals surface area contributed by atoms with Crippen molar-refractivity contribution in [2.45, 2.75) is 43.9 Å². The van der Waals surface area contributed by atoms with E-state index in [0.29, 0.717) is 49.1 Å². The number of benzene rings is 2. The van der Waals surface area contributed by atoms with Crippen LogP contribution in [0.25, 0.3) is 11.2 Å². The maximum atomic E-state index is 12.5. The Labute approximate surface area is 254 Å². The highest BCUT2D eigenvalue weighted by Crippen LogP contribution is 2.33. The predicted octanol–water partition coefficient (Wildman–Crippen LogP) is 2.13. The molecule has 4 atom stereocenters. The standard InChI is InChI=1S/C31H35N9O4/c1-2-33-29(43)26-24(41)25(42)30(44-26)40-19-36-23-27(37-31(38-28(23)40)34-14-16-39-15-13-32-18-39)35-17-22(20-9-5-3-6-10-20)21-11-7-4-8-12-21/h3-13,15,18-19,22,24-26,30,41-42H,2,14,16-17H2,1H3,(H,33,43)(H2,34,35,37,38)/t24-,25+,26-,30+/m0/s1. The van der Waals surface area contributed by atoms with Crippen LogP contribution in [0.3, 0.4) is 0 Å². The summed E-state index contributed by atoms with van der Waals surface area (Å²) in [6.45, 7) is 3.81. The molecule has 13 heteroatoms. The van der Waals surface area contributed by atoms with Crippen LogP contribution in [0.15, 0.2) is 85.7 Å². The summed E-state index contributed by atoms with van der Waals surface area (Å²) in [5, 5.41) is 30.9. The molecule has 13 nitrogen and oxygen atoms in total. The van der Waals surface area contributed by atoms with Crippen LogP contribution in [0.2, 0.25) is 0 Å². The fourth-order valence-electron chi connectivity index (χ4n) is 5.40. The molecule has 0 radical (unpaired) electrons. The Kier molecular flexibility index (Phi) is 8.77. The summed E-state index contributed by atoms with van der Waals surface area (Å²) in [6, 6.07) is 20.5. The smallest absolute Gasteiger partial charge is 0.252 e. The van der Waals surface area contributed by atoms with Crippen LogP contribution in [-0.4, -0.2) is 83.1 Å². The number of aliphatic hydroxyl groups excluding tert-OH is 2. The molecule has 0 saturated carbocycles. The van der Waals surface area contributed by atoms with Gasteiger partial charge in [-0.3, -0.25) is 9.36 Å². The van der Waals surface area contributed by atoms with Crippen LogP contribution < -0.4 is 16.0 Å². The second kappa shape index (κ2) is 13.2. The number of carbonyl (C=O) groups excluding carboxylic acids is 1. The summed E-state index contributed by atoms with van der Waals surface area (Å²) < 4.78 is 9.34. The van der Waals surface area contributed by atoms with E-state index < -0.39 is 30.4 Å². The Morgan fingerprint density at radius 1 is 0.977 bits per heavy atom. The molecule has 1 aliphatic heterocycles. The van der Waals surface area contributed by atoms with Gasteiger partial charge in [-0.25, -0.2) is 9.97 Å². The zero-order valence-electron chi connectivity index (χ0n) is 24.2. The number of imidazole rings is 2. The highest BCUT2D eigenvalue weighted by atomic mass is 16.6. The molecule has 44 heavy (non-hydrogen) atoms. The average Bonchev–Trinajstić information content (AvgIpc) is 3.79. The van der Waals surface area contributed by atoms with E-state index in [2.05, 4.69) is 50.2 Å². The zero-order chi connectivity index (χ0) is 30.5. The highest BCUT2D eigenvalue weighted by molar-refractivity contribution is 5.85. The molecule has 2 aromatic carbocycles. The summed E-state index contributed by atoms with van der Waals surface area (Å²) >= 11 is 0. The van der Waals surface area contributed by atoms with E-state index in [1.54, 1.807) is 19.4 Å². The van der Waals surface area contributed by atoms with Gasteiger partial charge < -0.3 is 35.5 Å². The van der Waals surface area contributed by atoms with Gasteiger partial charge in [-0.1, -0.05) is 60.7 Å². The Hall–Kier alpha value is -4.85. The topological polar surface area (TPSA) is 164 Å². The minimum Gasteiger partial charge on any atom is -0.387 e. The highest BCUT2D eigenvalue weighted by Gasteiger charge is 2.47. The van der Waals surface area contributed by atoms with E-state index in [1.165, 1.54) is 10.9 Å². The monoisotopic (exact) mass is 597 g/mol. The third-order valence-corrected chi connectivity index (χ3v) is 7.63. The zero-order valence-corrected chi connectivity index (χ0v) is 24.2. The normalized spacial score (nSPS) is 19.8. The number of hydrogen-bond acceptors (Lipinski definition) is 10. The van der Waals surface area contributed by atoms with Gasteiger partial charge in [0.05, 0.1) is 12.7 Å². The lowest BCUT2D eigenvalue weighted by Crippen LogP contribution is -2.42. The maximum Gasteiger partial charge on any atom is 0.252 e. The molecule has 1 aliphatic rings. The number of aromatic nitrogens is 6. The number of hydrogen-bond donors (Lipinski definition) is 5. The quantitative estimate of drug-likeness (QED) is 0.144. The molecule has 4 heterocycles. The molecule has 0 unspecified atom stereocenters. The molecule has 0 bridgehead atoms. The van der Waals surface area contributed by atoms with Gasteiger partial charge in [-0.2, -0.15) is 9.97 Å². The van der Waals surface area contributed by atoms with Crippen LogP contribution >= 0.6 is 0 Å². The molecule has 1 amide bonds. The number of likely N-dealkylation sites (N-methyl/N-ethyl adjacent to an activating group) is 1. The Morgan fingerprint density at radius 3 is 2.36 bits per heavy atom. The van der Waals surface area contributed by atoms with Crippen LogP contribution in [0.4, 0.5) is 11.8 Å². The molecule has 0 spiro atoms. The van der Waals surface area contributed by atoms with E-state index >= 15 is 0 Å². The van der Waals surface area contributed by atoms with Gasteiger partial charge in [0.2, 0.25) is 5.95 Å². The minimum atomic E-state index is -1.42. The molecule has 5 aromatic rings. The molecular formula is C31H35N9O4. The van der Waals surface area contributed by atoms with Gasteiger partial charge in [0.15, 0.2) is 29.3 Å². The van der Waals surface area contributed by atoms with E-state index in [-0.39, 0.29) is 5.92 Å². The number of amides is 1. The van der Waals surface area contributed by atoms with Crippen molar-refractivity contribution in [3.05, 3.63) is 96.8 Å². The number of carbonyl (C=O) groups is 1. The van der Waals surface area contributed by atoms with Crippen molar-refractivity contribution in [3.63, 3.8) is 0 Å². The van der Waals surface area contributed by atoms with E-state index in [0.717, 1.165) is 11.1 Å². The van der Waals surface area contributed by atoms with Crippen molar-refractivity contribution in [2.24, 2.45) is 0 Å². The van der Waals surface area contributed by atoms with E-state index in [1.807, 2.05) is 47.2 Å². The first-order chi connectivity index (χ1) is 21.5. The lowest BCUT2D eigenvalue weighted by molar-refractivity contribution is -0.137. The molecule has 5 N–H and O–H groups in total. The molecule has 1 fully saturated rings. The fourth-order valence-corrected chi connectivity index (χ4v) is 5.40. The number of anilines is 2. The number of ether oxygens (including phenoxy) is 1. The van der Waals surface area contributed by atoms with Crippen LogP contribution in [0.1, 0.15) is 30.2 Å². The first kappa shape index (κ1) is 29.2. The predicted molar refractivity (Wildman–Crippen MR) is 164 cm³/mol. The lowest BCUT2D eigenvalue weighted by Gasteiger charge is -2.20. The number of fused-ring (bicyclic) bond motifs is 1. The number of nitrogens with one attached hydrogen (secondary N) is 3. The first-order valence-electron chi connectivity index (χ1n) is 14.6. The Balaban J connectivity index is 1.33.